The van der Waals surface area contributed by atoms with Crippen molar-refractivity contribution in [3.63, 3.8) is 0 Å². The minimum atomic E-state index is -4.18. The van der Waals surface area contributed by atoms with E-state index >= 15 is 0 Å². The summed E-state index contributed by atoms with van der Waals surface area (Å²) in [6, 6.07) is 6.57. The summed E-state index contributed by atoms with van der Waals surface area (Å²) in [4.78, 5) is 32.0. The van der Waals surface area contributed by atoms with Crippen LogP contribution in [0.3, 0.4) is 0 Å². The summed E-state index contributed by atoms with van der Waals surface area (Å²) in [5.74, 6) is 0. The lowest BCUT2D eigenvalue weighted by molar-refractivity contribution is 0.372. The van der Waals surface area contributed by atoms with Crippen LogP contribution < -0.4 is 5.56 Å². The monoisotopic (exact) mass is 365 g/mol. The first-order chi connectivity index (χ1) is 7.85. The molecule has 2 rings (SSSR count). The van der Waals surface area contributed by atoms with Gasteiger partial charge in [0.05, 0.1) is 6.16 Å². The molecule has 90 valence electrons. The molecule has 3 N–H and O–H groups in total. The Morgan fingerprint density at radius 2 is 2.00 bits per heavy atom. The predicted octanol–water partition coefficient (Wildman–Crippen LogP) is 1.81. The first-order valence-electron chi connectivity index (χ1n) is 4.71. The molecule has 0 saturated heterocycles. The smallest absolute Gasteiger partial charge is 0.324 e. The lowest BCUT2D eigenvalue weighted by Crippen LogP contribution is -2.07. The van der Waals surface area contributed by atoms with E-state index in [1.54, 1.807) is 12.1 Å². The summed E-state index contributed by atoms with van der Waals surface area (Å²) in [5, 5.41) is 0.661. The molecule has 17 heavy (non-hydrogen) atoms. The first-order valence-corrected chi connectivity index (χ1v) is 7.59. The zero-order valence-corrected chi connectivity index (χ0v) is 11.6. The number of pyridine rings is 1. The van der Waals surface area contributed by atoms with E-state index in [0.29, 0.717) is 16.5 Å². The molecule has 1 aromatic heterocycles. The molecule has 0 aliphatic rings. The van der Waals surface area contributed by atoms with Gasteiger partial charge in [-0.2, -0.15) is 0 Å². The van der Waals surface area contributed by atoms with E-state index in [4.69, 9.17) is 9.79 Å². The second-order valence-electron chi connectivity index (χ2n) is 3.67. The summed E-state index contributed by atoms with van der Waals surface area (Å²) in [7, 11) is -4.18. The van der Waals surface area contributed by atoms with Crippen molar-refractivity contribution in [1.82, 2.24) is 4.98 Å². The highest BCUT2D eigenvalue weighted by atomic mass is 127. The third-order valence-corrected chi connectivity index (χ3v) is 3.69. The Morgan fingerprint density at radius 1 is 1.29 bits per heavy atom. The van der Waals surface area contributed by atoms with E-state index in [1.807, 2.05) is 6.07 Å². The van der Waals surface area contributed by atoms with E-state index in [1.165, 1.54) is 6.07 Å². The number of rotatable bonds is 2. The van der Waals surface area contributed by atoms with Gasteiger partial charge in [-0.1, -0.05) is 6.07 Å². The SMILES string of the molecule is O=c1cc(CP(=O)(O)O)c2ccc(I)cc2[nH]1. The van der Waals surface area contributed by atoms with Gasteiger partial charge in [-0.05, 0) is 40.3 Å². The molecular weight excluding hydrogens is 356 g/mol. The zero-order valence-electron chi connectivity index (χ0n) is 8.55. The predicted molar refractivity (Wildman–Crippen MR) is 73.0 cm³/mol. The van der Waals surface area contributed by atoms with Gasteiger partial charge in [0, 0.05) is 20.5 Å². The standard InChI is InChI=1S/C10H9INO4P/c11-7-1-2-8-6(5-17(14,15)16)3-10(13)12-9(8)4-7/h1-4H,5H2,(H,12,13)(H2,14,15,16). The fourth-order valence-corrected chi connectivity index (χ4v) is 2.85. The van der Waals surface area contributed by atoms with Crippen molar-refractivity contribution in [3.05, 3.63) is 43.8 Å². The maximum Gasteiger partial charge on any atom is 0.329 e. The second-order valence-corrected chi connectivity index (χ2v) is 6.56. The van der Waals surface area contributed by atoms with Crippen LogP contribution in [0.4, 0.5) is 0 Å². The summed E-state index contributed by atoms with van der Waals surface area (Å²) in [6.07, 6.45) is -0.423. The number of fused-ring (bicyclic) bond motifs is 1. The molecule has 2 aromatic rings. The van der Waals surface area contributed by atoms with Crippen molar-refractivity contribution in [1.29, 1.82) is 0 Å². The van der Waals surface area contributed by atoms with Gasteiger partial charge in [0.1, 0.15) is 0 Å². The maximum absolute atomic E-state index is 11.4. The molecule has 7 heteroatoms. The fourth-order valence-electron chi connectivity index (χ4n) is 1.66. The minimum absolute atomic E-state index is 0.358. The molecule has 0 aliphatic heterocycles. The van der Waals surface area contributed by atoms with Crippen LogP contribution in [0.2, 0.25) is 0 Å². The molecule has 0 aliphatic carbocycles. The fraction of sp³-hybridized carbons (Fsp3) is 0.100. The average molecular weight is 365 g/mol. The summed E-state index contributed by atoms with van der Waals surface area (Å²) < 4.78 is 11.9. The van der Waals surface area contributed by atoms with Crippen LogP contribution in [0.25, 0.3) is 10.9 Å². The Morgan fingerprint density at radius 3 is 2.65 bits per heavy atom. The summed E-state index contributed by atoms with van der Waals surface area (Å²) in [5.41, 5.74) is 0.601. The number of halogens is 1. The van der Waals surface area contributed by atoms with Crippen LogP contribution in [0.5, 0.6) is 0 Å². The number of benzene rings is 1. The molecule has 0 saturated carbocycles. The van der Waals surface area contributed by atoms with E-state index in [2.05, 4.69) is 27.6 Å². The van der Waals surface area contributed by atoms with Crippen molar-refractivity contribution < 1.29 is 14.4 Å². The van der Waals surface area contributed by atoms with Gasteiger partial charge < -0.3 is 14.8 Å². The number of hydrogen-bond acceptors (Lipinski definition) is 2. The number of hydrogen-bond donors (Lipinski definition) is 3. The lowest BCUT2D eigenvalue weighted by atomic mass is 10.1. The van der Waals surface area contributed by atoms with Gasteiger partial charge in [-0.15, -0.1) is 0 Å². The van der Waals surface area contributed by atoms with Crippen molar-refractivity contribution in [2.75, 3.05) is 0 Å². The number of nitrogens with one attached hydrogen (secondary N) is 1. The Kier molecular flexibility index (Phi) is 3.40. The van der Waals surface area contributed by atoms with Gasteiger partial charge in [-0.25, -0.2) is 0 Å². The van der Waals surface area contributed by atoms with Gasteiger partial charge in [-0.3, -0.25) is 9.36 Å². The van der Waals surface area contributed by atoms with Crippen LogP contribution in [-0.4, -0.2) is 14.8 Å². The Labute approximate surface area is 110 Å². The molecule has 1 heterocycles. The molecular formula is C10H9INO4P. The van der Waals surface area contributed by atoms with Gasteiger partial charge in [0.15, 0.2) is 0 Å². The molecule has 0 spiro atoms. The highest BCUT2D eigenvalue weighted by molar-refractivity contribution is 14.1. The third kappa shape index (κ3) is 3.16. The van der Waals surface area contributed by atoms with Crippen LogP contribution in [0.15, 0.2) is 29.1 Å². The van der Waals surface area contributed by atoms with Crippen molar-refractivity contribution in [3.8, 4) is 0 Å². The van der Waals surface area contributed by atoms with Crippen LogP contribution in [0.1, 0.15) is 5.56 Å². The molecule has 0 bridgehead atoms. The van der Waals surface area contributed by atoms with Crippen molar-refractivity contribution >= 4 is 41.1 Å². The Hall–Kier alpha value is -0.690. The van der Waals surface area contributed by atoms with Crippen molar-refractivity contribution in [2.45, 2.75) is 6.16 Å². The summed E-state index contributed by atoms with van der Waals surface area (Å²) >= 11 is 2.10. The molecule has 0 unspecified atom stereocenters. The number of H-pyrrole nitrogens is 1. The zero-order chi connectivity index (χ0) is 12.6. The van der Waals surface area contributed by atoms with Crippen LogP contribution in [0, 0.1) is 3.57 Å². The quantitative estimate of drug-likeness (QED) is 0.559. The largest absolute Gasteiger partial charge is 0.329 e. The summed E-state index contributed by atoms with van der Waals surface area (Å²) in [6.45, 7) is 0. The van der Waals surface area contributed by atoms with E-state index in [-0.39, 0.29) is 5.56 Å². The molecule has 0 atom stereocenters. The topological polar surface area (TPSA) is 90.4 Å². The molecule has 1 aromatic carbocycles. The Balaban J connectivity index is 2.70. The number of aromatic amines is 1. The van der Waals surface area contributed by atoms with Gasteiger partial charge in [0.25, 0.3) is 0 Å². The van der Waals surface area contributed by atoms with Gasteiger partial charge in [0.2, 0.25) is 5.56 Å². The molecule has 0 radical (unpaired) electrons. The number of aromatic nitrogens is 1. The third-order valence-electron chi connectivity index (χ3n) is 2.27. The molecule has 0 amide bonds. The Bertz CT molecular complexity index is 676. The van der Waals surface area contributed by atoms with Gasteiger partial charge >= 0.3 is 7.60 Å². The molecule has 5 nitrogen and oxygen atoms in total. The second kappa shape index (κ2) is 4.53. The van der Waals surface area contributed by atoms with E-state index < -0.39 is 13.8 Å². The highest BCUT2D eigenvalue weighted by Crippen LogP contribution is 2.40. The van der Waals surface area contributed by atoms with E-state index in [0.717, 1.165) is 3.57 Å². The minimum Gasteiger partial charge on any atom is -0.324 e. The average Bonchev–Trinajstić information content (AvgIpc) is 2.13. The van der Waals surface area contributed by atoms with E-state index in [9.17, 15) is 9.36 Å². The lowest BCUT2D eigenvalue weighted by Gasteiger charge is -2.07. The normalized spacial score (nSPS) is 11.9. The van der Waals surface area contributed by atoms with Crippen LogP contribution >= 0.6 is 30.2 Å². The maximum atomic E-state index is 11.4. The van der Waals surface area contributed by atoms with Crippen LogP contribution in [-0.2, 0) is 10.7 Å². The van der Waals surface area contributed by atoms with Crippen molar-refractivity contribution in [2.24, 2.45) is 0 Å². The highest BCUT2D eigenvalue weighted by Gasteiger charge is 2.16. The molecule has 0 fully saturated rings. The first kappa shape index (κ1) is 12.8.